The molecule has 1 aromatic heterocycles. The second kappa shape index (κ2) is 13.0. The predicted octanol–water partition coefficient (Wildman–Crippen LogP) is 4.23. The number of aromatic nitrogens is 1. The van der Waals surface area contributed by atoms with Crippen LogP contribution in [0.25, 0.3) is 6.08 Å². The molecule has 1 unspecified atom stereocenters. The van der Waals surface area contributed by atoms with Gasteiger partial charge in [-0.25, -0.2) is 4.98 Å². The highest BCUT2D eigenvalue weighted by molar-refractivity contribution is 9.10. The minimum atomic E-state index is -0.479. The Kier molecular flexibility index (Phi) is 9.80. The van der Waals surface area contributed by atoms with Crippen LogP contribution in [0.15, 0.2) is 52.6 Å². The van der Waals surface area contributed by atoms with Crippen LogP contribution in [0.1, 0.15) is 60.3 Å². The van der Waals surface area contributed by atoms with Crippen molar-refractivity contribution in [3.05, 3.63) is 69.5 Å². The maximum Gasteiger partial charge on any atom is 0.262 e. The van der Waals surface area contributed by atoms with Crippen molar-refractivity contribution in [3.8, 4) is 6.07 Å². The number of carbonyl (C=O) groups excluding carboxylic acids is 2. The number of likely N-dealkylation sites (tertiary alicyclic amines) is 1. The summed E-state index contributed by atoms with van der Waals surface area (Å²) in [5.74, 6) is -0.694. The zero-order chi connectivity index (χ0) is 24.3. The van der Waals surface area contributed by atoms with E-state index in [9.17, 15) is 14.9 Å². The van der Waals surface area contributed by atoms with Gasteiger partial charge in [-0.2, -0.15) is 5.26 Å². The van der Waals surface area contributed by atoms with Crippen molar-refractivity contribution in [2.24, 2.45) is 0 Å². The molecule has 1 aliphatic heterocycles. The van der Waals surface area contributed by atoms with E-state index in [-0.39, 0.29) is 17.5 Å². The van der Waals surface area contributed by atoms with Crippen molar-refractivity contribution in [1.82, 2.24) is 20.5 Å². The largest absolute Gasteiger partial charge is 0.351 e. The Morgan fingerprint density at radius 2 is 1.94 bits per heavy atom. The maximum atomic E-state index is 12.8. The minimum Gasteiger partial charge on any atom is -0.351 e. The van der Waals surface area contributed by atoms with Gasteiger partial charge in [0.05, 0.1) is 11.7 Å². The van der Waals surface area contributed by atoms with E-state index in [1.165, 1.54) is 25.3 Å². The van der Waals surface area contributed by atoms with E-state index in [4.69, 9.17) is 0 Å². The van der Waals surface area contributed by atoms with E-state index < -0.39 is 5.91 Å². The molecule has 2 aromatic rings. The van der Waals surface area contributed by atoms with Gasteiger partial charge in [0.1, 0.15) is 16.2 Å². The van der Waals surface area contributed by atoms with Crippen LogP contribution in [0.5, 0.6) is 0 Å². The number of halogens is 1. The molecule has 7 nitrogen and oxygen atoms in total. The van der Waals surface area contributed by atoms with Gasteiger partial charge in [-0.3, -0.25) is 9.59 Å². The Hall–Kier alpha value is -3.02. The molecule has 1 saturated heterocycles. The van der Waals surface area contributed by atoms with Gasteiger partial charge in [0, 0.05) is 18.7 Å². The van der Waals surface area contributed by atoms with E-state index >= 15 is 0 Å². The van der Waals surface area contributed by atoms with Crippen LogP contribution in [0.3, 0.4) is 0 Å². The van der Waals surface area contributed by atoms with Crippen LogP contribution in [-0.4, -0.2) is 47.9 Å². The lowest BCUT2D eigenvalue weighted by Crippen LogP contribution is -2.37. The number of benzene rings is 1. The molecule has 3 rings (SSSR count). The second-order valence-electron chi connectivity index (χ2n) is 8.28. The van der Waals surface area contributed by atoms with E-state index in [1.807, 2.05) is 43.3 Å². The van der Waals surface area contributed by atoms with Gasteiger partial charge in [-0.15, -0.1) is 0 Å². The van der Waals surface area contributed by atoms with E-state index in [0.717, 1.165) is 25.2 Å². The minimum absolute atomic E-state index is 0.0727. The Morgan fingerprint density at radius 1 is 1.21 bits per heavy atom. The summed E-state index contributed by atoms with van der Waals surface area (Å²) in [7, 11) is 0. The Balaban J connectivity index is 1.67. The third-order valence-electron chi connectivity index (χ3n) is 5.81. The summed E-state index contributed by atoms with van der Waals surface area (Å²) in [6.07, 6.45) is 5.78. The fourth-order valence-corrected chi connectivity index (χ4v) is 4.43. The molecule has 1 aromatic carbocycles. The SMILES string of the molecule is CCC(NC(=O)/C(C#N)=C/c1cc(C(=O)NCCN2CCCCC2)cc(Br)n1)c1ccccc1. The van der Waals surface area contributed by atoms with Crippen LogP contribution in [0, 0.1) is 11.3 Å². The smallest absolute Gasteiger partial charge is 0.262 e. The van der Waals surface area contributed by atoms with Gasteiger partial charge in [-0.1, -0.05) is 43.7 Å². The number of rotatable bonds is 9. The Morgan fingerprint density at radius 3 is 2.62 bits per heavy atom. The second-order valence-corrected chi connectivity index (χ2v) is 9.09. The zero-order valence-electron chi connectivity index (χ0n) is 19.4. The van der Waals surface area contributed by atoms with Crippen molar-refractivity contribution >= 4 is 33.8 Å². The number of piperidine rings is 1. The number of nitrogens with one attached hydrogen (secondary N) is 2. The highest BCUT2D eigenvalue weighted by Crippen LogP contribution is 2.18. The first-order valence-electron chi connectivity index (χ1n) is 11.7. The van der Waals surface area contributed by atoms with Gasteiger partial charge in [0.2, 0.25) is 0 Å². The molecular weight excluding hydrogens is 494 g/mol. The quantitative estimate of drug-likeness (QED) is 0.291. The summed E-state index contributed by atoms with van der Waals surface area (Å²) < 4.78 is 0.454. The highest BCUT2D eigenvalue weighted by atomic mass is 79.9. The number of hydrogen-bond donors (Lipinski definition) is 2. The van der Waals surface area contributed by atoms with Crippen LogP contribution in [-0.2, 0) is 4.79 Å². The summed E-state index contributed by atoms with van der Waals surface area (Å²) in [5.41, 5.74) is 1.67. The first-order chi connectivity index (χ1) is 16.5. The molecule has 0 radical (unpaired) electrons. The monoisotopic (exact) mass is 523 g/mol. The zero-order valence-corrected chi connectivity index (χ0v) is 21.0. The first kappa shape index (κ1) is 25.6. The lowest BCUT2D eigenvalue weighted by molar-refractivity contribution is -0.117. The molecule has 1 aliphatic rings. The summed E-state index contributed by atoms with van der Waals surface area (Å²) in [4.78, 5) is 32.1. The van der Waals surface area contributed by atoms with Gasteiger partial charge in [0.25, 0.3) is 11.8 Å². The summed E-state index contributed by atoms with van der Waals surface area (Å²) in [6.45, 7) is 5.51. The lowest BCUT2D eigenvalue weighted by atomic mass is 10.0. The third kappa shape index (κ3) is 7.51. The maximum absolute atomic E-state index is 12.8. The molecule has 2 amide bonds. The molecule has 0 saturated carbocycles. The molecule has 0 aliphatic carbocycles. The van der Waals surface area contributed by atoms with Gasteiger partial charge >= 0.3 is 0 Å². The van der Waals surface area contributed by atoms with Crippen LogP contribution >= 0.6 is 15.9 Å². The van der Waals surface area contributed by atoms with Crippen LogP contribution < -0.4 is 10.6 Å². The average molecular weight is 524 g/mol. The number of nitrogens with zero attached hydrogens (tertiary/aromatic N) is 3. The molecular formula is C26H30BrN5O2. The van der Waals surface area contributed by atoms with Crippen LogP contribution in [0.4, 0.5) is 0 Å². The molecule has 34 heavy (non-hydrogen) atoms. The summed E-state index contributed by atoms with van der Waals surface area (Å²) in [6, 6.07) is 14.6. The number of hydrogen-bond acceptors (Lipinski definition) is 5. The number of pyridine rings is 1. The van der Waals surface area contributed by atoms with Crippen molar-refractivity contribution in [2.75, 3.05) is 26.2 Å². The lowest BCUT2D eigenvalue weighted by Gasteiger charge is -2.26. The molecule has 2 heterocycles. The standard InChI is InChI=1S/C26H30BrN5O2/c1-2-23(19-9-5-3-6-10-19)31-26(34)21(18-28)16-22-15-20(17-24(27)30-22)25(33)29-11-14-32-12-7-4-8-13-32/h3,5-6,9-10,15-17,23H,2,4,7-8,11-14H2,1H3,(H,29,33)(H,31,34)/b21-16+. The van der Waals surface area contributed by atoms with Crippen molar-refractivity contribution in [1.29, 1.82) is 5.26 Å². The normalized spacial score (nSPS) is 15.3. The first-order valence-corrected chi connectivity index (χ1v) is 12.4. The van der Waals surface area contributed by atoms with Gasteiger partial charge in [-0.05, 0) is 72.1 Å². The molecule has 1 fully saturated rings. The summed E-state index contributed by atoms with van der Waals surface area (Å²) in [5, 5.41) is 15.5. The third-order valence-corrected chi connectivity index (χ3v) is 6.22. The van der Waals surface area contributed by atoms with E-state index in [1.54, 1.807) is 12.1 Å². The van der Waals surface area contributed by atoms with Gasteiger partial charge < -0.3 is 15.5 Å². The fraction of sp³-hybridized carbons (Fsp3) is 0.385. The van der Waals surface area contributed by atoms with E-state index in [0.29, 0.717) is 28.8 Å². The number of amides is 2. The highest BCUT2D eigenvalue weighted by Gasteiger charge is 2.17. The molecule has 8 heteroatoms. The van der Waals surface area contributed by atoms with Crippen molar-refractivity contribution in [2.45, 2.75) is 38.6 Å². The molecule has 2 N–H and O–H groups in total. The molecule has 1 atom stereocenters. The van der Waals surface area contributed by atoms with Crippen molar-refractivity contribution in [3.63, 3.8) is 0 Å². The Bertz CT molecular complexity index is 1060. The number of nitriles is 1. The molecule has 0 spiro atoms. The molecule has 0 bridgehead atoms. The van der Waals surface area contributed by atoms with Crippen LogP contribution in [0.2, 0.25) is 0 Å². The number of carbonyl (C=O) groups is 2. The average Bonchev–Trinajstić information content (AvgIpc) is 2.86. The fourth-order valence-electron chi connectivity index (χ4n) is 3.97. The summed E-state index contributed by atoms with van der Waals surface area (Å²) >= 11 is 3.33. The topological polar surface area (TPSA) is 98.1 Å². The molecule has 178 valence electrons. The predicted molar refractivity (Wildman–Crippen MR) is 136 cm³/mol. The van der Waals surface area contributed by atoms with E-state index in [2.05, 4.69) is 36.4 Å². The Labute approximate surface area is 209 Å². The van der Waals surface area contributed by atoms with Gasteiger partial charge in [0.15, 0.2) is 0 Å². The van der Waals surface area contributed by atoms with Crippen molar-refractivity contribution < 1.29 is 9.59 Å².